The topological polar surface area (TPSA) is 32.7 Å². The van der Waals surface area contributed by atoms with Crippen LogP contribution in [0.4, 0.5) is 5.69 Å². The number of hydrogen-bond donors (Lipinski definition) is 1. The van der Waals surface area contributed by atoms with Gasteiger partial charge in [-0.25, -0.2) is 0 Å². The number of ether oxygens (including phenoxy) is 1. The van der Waals surface area contributed by atoms with Crippen LogP contribution >= 0.6 is 15.9 Å². The lowest BCUT2D eigenvalue weighted by Crippen LogP contribution is -2.20. The molecule has 0 saturated heterocycles. The number of methoxy groups -OCH3 is 1. The van der Waals surface area contributed by atoms with Gasteiger partial charge in [-0.1, -0.05) is 28.1 Å². The minimum atomic E-state index is -0.455. The van der Waals surface area contributed by atoms with E-state index in [1.807, 2.05) is 55.6 Å². The zero-order valence-electron chi connectivity index (χ0n) is 12.3. The molecule has 0 aliphatic carbocycles. The normalized spacial score (nSPS) is 12.0. The van der Waals surface area contributed by atoms with Crippen molar-refractivity contribution in [3.05, 3.63) is 58.6 Å². The molecular weight excluding hydrogens is 330 g/mol. The number of aliphatic hydroxyl groups is 1. The van der Waals surface area contributed by atoms with Crippen LogP contribution in [0, 0.1) is 0 Å². The van der Waals surface area contributed by atoms with Crippen LogP contribution in [0.25, 0.3) is 0 Å². The summed E-state index contributed by atoms with van der Waals surface area (Å²) < 4.78 is 6.14. The second-order valence-corrected chi connectivity index (χ2v) is 5.89. The molecule has 1 unspecified atom stereocenters. The average Bonchev–Trinajstić information content (AvgIpc) is 2.52. The third kappa shape index (κ3) is 4.48. The number of nitrogens with zero attached hydrogens (tertiary/aromatic N) is 1. The molecule has 0 bridgehead atoms. The van der Waals surface area contributed by atoms with Crippen molar-refractivity contribution in [2.75, 3.05) is 25.6 Å². The Morgan fingerprint density at radius 3 is 2.52 bits per heavy atom. The minimum absolute atomic E-state index is 0.455. The summed E-state index contributed by atoms with van der Waals surface area (Å²) in [5, 5.41) is 10.3. The van der Waals surface area contributed by atoms with E-state index in [2.05, 4.69) is 20.8 Å². The highest BCUT2D eigenvalue weighted by molar-refractivity contribution is 9.10. The standard InChI is InChI=1S/C17H20BrNO2/c1-19(15-6-8-16(21-2)9-7-15)11-10-17(20)13-4-3-5-14(18)12-13/h3-9,12,17,20H,10-11H2,1-2H3. The fourth-order valence-electron chi connectivity index (χ4n) is 2.16. The summed E-state index contributed by atoms with van der Waals surface area (Å²) in [4.78, 5) is 2.13. The van der Waals surface area contributed by atoms with Gasteiger partial charge in [-0.15, -0.1) is 0 Å². The quantitative estimate of drug-likeness (QED) is 0.854. The Morgan fingerprint density at radius 2 is 1.90 bits per heavy atom. The molecule has 0 heterocycles. The molecule has 0 amide bonds. The van der Waals surface area contributed by atoms with Gasteiger partial charge >= 0.3 is 0 Å². The molecule has 2 aromatic carbocycles. The molecule has 1 N–H and O–H groups in total. The van der Waals surface area contributed by atoms with Crippen LogP contribution in [0.3, 0.4) is 0 Å². The maximum Gasteiger partial charge on any atom is 0.119 e. The van der Waals surface area contributed by atoms with Crippen molar-refractivity contribution in [3.63, 3.8) is 0 Å². The van der Waals surface area contributed by atoms with E-state index in [4.69, 9.17) is 4.74 Å². The van der Waals surface area contributed by atoms with E-state index in [1.54, 1.807) is 7.11 Å². The molecule has 4 heteroatoms. The lowest BCUT2D eigenvalue weighted by atomic mass is 10.1. The fraction of sp³-hybridized carbons (Fsp3) is 0.294. The summed E-state index contributed by atoms with van der Waals surface area (Å²) in [6.45, 7) is 0.778. The minimum Gasteiger partial charge on any atom is -0.497 e. The van der Waals surface area contributed by atoms with Gasteiger partial charge in [0, 0.05) is 23.8 Å². The van der Waals surface area contributed by atoms with Crippen molar-refractivity contribution in [3.8, 4) is 5.75 Å². The Labute approximate surface area is 134 Å². The Hall–Kier alpha value is -1.52. The van der Waals surface area contributed by atoms with E-state index in [-0.39, 0.29) is 0 Å². The fourth-order valence-corrected chi connectivity index (χ4v) is 2.58. The number of rotatable bonds is 6. The smallest absolute Gasteiger partial charge is 0.119 e. The monoisotopic (exact) mass is 349 g/mol. The van der Waals surface area contributed by atoms with E-state index in [0.717, 1.165) is 28.0 Å². The molecule has 0 saturated carbocycles. The van der Waals surface area contributed by atoms with Gasteiger partial charge in [-0.2, -0.15) is 0 Å². The molecule has 112 valence electrons. The van der Waals surface area contributed by atoms with Crippen molar-refractivity contribution >= 4 is 21.6 Å². The molecule has 0 spiro atoms. The molecule has 0 aliphatic rings. The van der Waals surface area contributed by atoms with Crippen LogP contribution in [0.15, 0.2) is 53.0 Å². The predicted molar refractivity (Wildman–Crippen MR) is 90.0 cm³/mol. The van der Waals surface area contributed by atoms with Gasteiger partial charge in [0.2, 0.25) is 0 Å². The number of halogens is 1. The highest BCUT2D eigenvalue weighted by atomic mass is 79.9. The number of anilines is 1. The summed E-state index contributed by atoms with van der Waals surface area (Å²) in [5.74, 6) is 0.848. The van der Waals surface area contributed by atoms with Crippen LogP contribution in [-0.4, -0.2) is 25.8 Å². The lowest BCUT2D eigenvalue weighted by molar-refractivity contribution is 0.169. The molecule has 0 fully saturated rings. The van der Waals surface area contributed by atoms with Crippen molar-refractivity contribution < 1.29 is 9.84 Å². The third-order valence-electron chi connectivity index (χ3n) is 3.48. The van der Waals surface area contributed by atoms with Crippen LogP contribution < -0.4 is 9.64 Å². The SMILES string of the molecule is COc1ccc(N(C)CCC(O)c2cccc(Br)c2)cc1. The Balaban J connectivity index is 1.92. The molecular formula is C17H20BrNO2. The van der Waals surface area contributed by atoms with Gasteiger partial charge < -0.3 is 14.7 Å². The highest BCUT2D eigenvalue weighted by Crippen LogP contribution is 2.23. The van der Waals surface area contributed by atoms with Crippen molar-refractivity contribution in [1.29, 1.82) is 0 Å². The largest absolute Gasteiger partial charge is 0.497 e. The lowest BCUT2D eigenvalue weighted by Gasteiger charge is -2.21. The zero-order valence-corrected chi connectivity index (χ0v) is 13.9. The molecule has 2 aromatic rings. The van der Waals surface area contributed by atoms with Gasteiger partial charge in [0.15, 0.2) is 0 Å². The second kappa shape index (κ2) is 7.48. The van der Waals surface area contributed by atoms with E-state index in [9.17, 15) is 5.11 Å². The maximum atomic E-state index is 10.3. The number of aliphatic hydroxyl groups excluding tert-OH is 1. The molecule has 21 heavy (non-hydrogen) atoms. The first-order valence-corrected chi connectivity index (χ1v) is 7.68. The summed E-state index contributed by atoms with van der Waals surface area (Å²) in [5.41, 5.74) is 2.05. The highest BCUT2D eigenvalue weighted by Gasteiger charge is 2.10. The molecule has 1 atom stereocenters. The summed E-state index contributed by atoms with van der Waals surface area (Å²) in [6.07, 6.45) is 0.224. The predicted octanol–water partition coefficient (Wildman–Crippen LogP) is 4.02. The second-order valence-electron chi connectivity index (χ2n) is 4.98. The Kier molecular flexibility index (Phi) is 5.65. The first kappa shape index (κ1) is 15.9. The van der Waals surface area contributed by atoms with E-state index in [0.29, 0.717) is 6.42 Å². The molecule has 0 aromatic heterocycles. The van der Waals surface area contributed by atoms with Gasteiger partial charge in [0.05, 0.1) is 13.2 Å². The van der Waals surface area contributed by atoms with Crippen molar-refractivity contribution in [2.24, 2.45) is 0 Å². The molecule has 2 rings (SSSR count). The van der Waals surface area contributed by atoms with Gasteiger partial charge in [0.25, 0.3) is 0 Å². The summed E-state index contributed by atoms with van der Waals surface area (Å²) in [6, 6.07) is 15.7. The van der Waals surface area contributed by atoms with Gasteiger partial charge in [-0.3, -0.25) is 0 Å². The van der Waals surface area contributed by atoms with Gasteiger partial charge in [0.1, 0.15) is 5.75 Å². The zero-order chi connectivity index (χ0) is 15.2. The summed E-state index contributed by atoms with van der Waals surface area (Å²) >= 11 is 3.43. The average molecular weight is 350 g/mol. The van der Waals surface area contributed by atoms with E-state index in [1.165, 1.54) is 0 Å². The first-order valence-electron chi connectivity index (χ1n) is 6.89. The molecule has 0 radical (unpaired) electrons. The third-order valence-corrected chi connectivity index (χ3v) is 3.98. The Morgan fingerprint density at radius 1 is 1.19 bits per heavy atom. The van der Waals surface area contributed by atoms with Crippen LogP contribution in [-0.2, 0) is 0 Å². The Bertz CT molecular complexity index is 571. The molecule has 0 aliphatic heterocycles. The summed E-state index contributed by atoms with van der Waals surface area (Å²) in [7, 11) is 3.68. The first-order chi connectivity index (χ1) is 10.1. The number of hydrogen-bond acceptors (Lipinski definition) is 3. The van der Waals surface area contributed by atoms with Crippen LogP contribution in [0.1, 0.15) is 18.1 Å². The van der Waals surface area contributed by atoms with Crippen molar-refractivity contribution in [2.45, 2.75) is 12.5 Å². The van der Waals surface area contributed by atoms with E-state index >= 15 is 0 Å². The van der Waals surface area contributed by atoms with Crippen LogP contribution in [0.5, 0.6) is 5.75 Å². The van der Waals surface area contributed by atoms with Crippen molar-refractivity contribution in [1.82, 2.24) is 0 Å². The number of benzene rings is 2. The van der Waals surface area contributed by atoms with E-state index < -0.39 is 6.10 Å². The van der Waals surface area contributed by atoms with Crippen LogP contribution in [0.2, 0.25) is 0 Å². The maximum absolute atomic E-state index is 10.3. The molecule has 3 nitrogen and oxygen atoms in total. The van der Waals surface area contributed by atoms with Gasteiger partial charge in [-0.05, 0) is 48.4 Å².